The molecule has 0 spiro atoms. The number of likely N-dealkylation sites (N-methyl/N-ethyl adjacent to an activating group) is 1. The fraction of sp³-hybridized carbons (Fsp3) is 0.353. The number of aromatic nitrogens is 1. The second kappa shape index (κ2) is 8.27. The summed E-state index contributed by atoms with van der Waals surface area (Å²) in [6.45, 7) is 1.81. The molecule has 0 amide bonds. The van der Waals surface area contributed by atoms with Crippen molar-refractivity contribution in [2.45, 2.75) is 18.9 Å². The van der Waals surface area contributed by atoms with E-state index in [9.17, 15) is 5.11 Å². The fourth-order valence-corrected chi connectivity index (χ4v) is 2.60. The van der Waals surface area contributed by atoms with Gasteiger partial charge in [0.05, 0.1) is 6.10 Å². The van der Waals surface area contributed by atoms with Crippen molar-refractivity contribution in [2.75, 3.05) is 20.1 Å². The maximum Gasteiger partial charge on any atom is 0.0802 e. The van der Waals surface area contributed by atoms with Gasteiger partial charge in [0.1, 0.15) is 0 Å². The van der Waals surface area contributed by atoms with Crippen molar-refractivity contribution in [3.8, 4) is 0 Å². The molecule has 4 heteroatoms. The van der Waals surface area contributed by atoms with Gasteiger partial charge in [-0.05, 0) is 43.3 Å². The van der Waals surface area contributed by atoms with E-state index in [4.69, 9.17) is 0 Å². The minimum atomic E-state index is -0.417. The number of hydrogen-bond acceptors (Lipinski definition) is 3. The molecule has 112 valence electrons. The second-order valence-electron chi connectivity index (χ2n) is 5.23. The van der Waals surface area contributed by atoms with E-state index in [2.05, 4.69) is 32.9 Å². The third kappa shape index (κ3) is 5.58. The van der Waals surface area contributed by atoms with Crippen LogP contribution in [0, 0.1) is 0 Å². The van der Waals surface area contributed by atoms with Crippen LogP contribution in [0.15, 0.2) is 53.1 Å². The van der Waals surface area contributed by atoms with E-state index >= 15 is 0 Å². The number of pyridine rings is 1. The summed E-state index contributed by atoms with van der Waals surface area (Å²) in [6.07, 6.45) is 3.08. The molecule has 0 bridgehead atoms. The molecule has 1 unspecified atom stereocenters. The van der Waals surface area contributed by atoms with E-state index in [1.54, 1.807) is 0 Å². The zero-order valence-corrected chi connectivity index (χ0v) is 13.8. The number of nitrogens with zero attached hydrogens (tertiary/aromatic N) is 2. The van der Waals surface area contributed by atoms with E-state index in [0.29, 0.717) is 0 Å². The number of hydrogen-bond donors (Lipinski definition) is 1. The maximum absolute atomic E-state index is 10.2. The lowest BCUT2D eigenvalue weighted by Gasteiger charge is -2.19. The largest absolute Gasteiger partial charge is 0.388 e. The summed E-state index contributed by atoms with van der Waals surface area (Å²) in [7, 11) is 2.08. The molecule has 1 N–H and O–H groups in total. The molecule has 2 aromatic rings. The molecule has 21 heavy (non-hydrogen) atoms. The first-order chi connectivity index (χ1) is 10.1. The van der Waals surface area contributed by atoms with Gasteiger partial charge in [-0.15, -0.1) is 0 Å². The van der Waals surface area contributed by atoms with Crippen LogP contribution in [-0.2, 0) is 6.42 Å². The van der Waals surface area contributed by atoms with E-state index in [1.165, 1.54) is 0 Å². The third-order valence-corrected chi connectivity index (χ3v) is 3.99. The first kappa shape index (κ1) is 16.1. The quantitative estimate of drug-likeness (QED) is 0.832. The van der Waals surface area contributed by atoms with Crippen molar-refractivity contribution in [1.29, 1.82) is 0 Å². The average Bonchev–Trinajstić information content (AvgIpc) is 2.51. The number of aliphatic hydroxyl groups excluding tert-OH is 1. The maximum atomic E-state index is 10.2. The lowest BCUT2D eigenvalue weighted by Crippen LogP contribution is -2.24. The summed E-state index contributed by atoms with van der Waals surface area (Å²) in [6, 6.07) is 13.8. The van der Waals surface area contributed by atoms with E-state index in [1.807, 2.05) is 48.7 Å². The molecule has 0 aliphatic rings. The SMILES string of the molecule is CN(CCc1ccccn1)CCC(O)c1cccc(Br)c1. The van der Waals surface area contributed by atoms with Gasteiger partial charge in [0, 0.05) is 35.9 Å². The van der Waals surface area contributed by atoms with Crippen molar-refractivity contribution < 1.29 is 5.11 Å². The van der Waals surface area contributed by atoms with Gasteiger partial charge in [-0.1, -0.05) is 34.1 Å². The fourth-order valence-electron chi connectivity index (χ4n) is 2.19. The van der Waals surface area contributed by atoms with Gasteiger partial charge in [0.2, 0.25) is 0 Å². The molecule has 0 saturated heterocycles. The molecule has 1 atom stereocenters. The van der Waals surface area contributed by atoms with Crippen molar-refractivity contribution in [1.82, 2.24) is 9.88 Å². The average molecular weight is 349 g/mol. The molecule has 2 rings (SSSR count). The highest BCUT2D eigenvalue weighted by Gasteiger charge is 2.09. The molecule has 0 saturated carbocycles. The summed E-state index contributed by atoms with van der Waals surface area (Å²) < 4.78 is 1.00. The molecule has 0 radical (unpaired) electrons. The molecule has 1 aromatic carbocycles. The van der Waals surface area contributed by atoms with Crippen molar-refractivity contribution >= 4 is 15.9 Å². The Labute approximate surface area is 134 Å². The first-order valence-corrected chi connectivity index (χ1v) is 7.96. The highest BCUT2D eigenvalue weighted by atomic mass is 79.9. The smallest absolute Gasteiger partial charge is 0.0802 e. The van der Waals surface area contributed by atoms with Crippen molar-refractivity contribution in [3.05, 3.63) is 64.4 Å². The van der Waals surface area contributed by atoms with Gasteiger partial charge in [0.25, 0.3) is 0 Å². The molecule has 0 aliphatic heterocycles. The summed E-state index contributed by atoms with van der Waals surface area (Å²) >= 11 is 3.43. The monoisotopic (exact) mass is 348 g/mol. The van der Waals surface area contributed by atoms with Crippen LogP contribution in [0.1, 0.15) is 23.8 Å². The Morgan fingerprint density at radius 2 is 2.05 bits per heavy atom. The molecular formula is C17H21BrN2O. The number of halogens is 1. The Kier molecular flexibility index (Phi) is 6.36. The van der Waals surface area contributed by atoms with Crippen LogP contribution < -0.4 is 0 Å². The molecular weight excluding hydrogens is 328 g/mol. The van der Waals surface area contributed by atoms with Crippen LogP contribution in [0.2, 0.25) is 0 Å². The van der Waals surface area contributed by atoms with Crippen LogP contribution in [-0.4, -0.2) is 35.1 Å². The van der Waals surface area contributed by atoms with Crippen molar-refractivity contribution in [2.24, 2.45) is 0 Å². The summed E-state index contributed by atoms with van der Waals surface area (Å²) in [4.78, 5) is 6.55. The zero-order valence-electron chi connectivity index (χ0n) is 12.2. The Morgan fingerprint density at radius 1 is 1.19 bits per heavy atom. The van der Waals surface area contributed by atoms with Gasteiger partial charge < -0.3 is 10.0 Å². The number of aliphatic hydroxyl groups is 1. The predicted molar refractivity (Wildman–Crippen MR) is 89.2 cm³/mol. The lowest BCUT2D eigenvalue weighted by molar-refractivity contribution is 0.149. The lowest BCUT2D eigenvalue weighted by atomic mass is 10.1. The topological polar surface area (TPSA) is 36.4 Å². The number of rotatable bonds is 7. The summed E-state index contributed by atoms with van der Waals surface area (Å²) in [5.41, 5.74) is 2.07. The third-order valence-electron chi connectivity index (χ3n) is 3.49. The van der Waals surface area contributed by atoms with Crippen LogP contribution in [0.4, 0.5) is 0 Å². The van der Waals surface area contributed by atoms with Crippen LogP contribution in [0.5, 0.6) is 0 Å². The van der Waals surface area contributed by atoms with E-state index in [-0.39, 0.29) is 0 Å². The van der Waals surface area contributed by atoms with Gasteiger partial charge in [-0.2, -0.15) is 0 Å². The Bertz CT molecular complexity index is 547. The Morgan fingerprint density at radius 3 is 2.76 bits per heavy atom. The van der Waals surface area contributed by atoms with Gasteiger partial charge >= 0.3 is 0 Å². The number of benzene rings is 1. The first-order valence-electron chi connectivity index (χ1n) is 7.17. The Hall–Kier alpha value is -1.23. The van der Waals surface area contributed by atoms with Crippen LogP contribution >= 0.6 is 15.9 Å². The minimum Gasteiger partial charge on any atom is -0.388 e. The highest BCUT2D eigenvalue weighted by Crippen LogP contribution is 2.20. The molecule has 3 nitrogen and oxygen atoms in total. The van der Waals surface area contributed by atoms with Crippen LogP contribution in [0.25, 0.3) is 0 Å². The standard InChI is InChI=1S/C17H21BrN2O/c1-20(11-8-16-7-2-3-10-19-16)12-9-17(21)14-5-4-6-15(18)13-14/h2-7,10,13,17,21H,8-9,11-12H2,1H3. The second-order valence-corrected chi connectivity index (χ2v) is 6.15. The molecule has 0 fully saturated rings. The van der Waals surface area contributed by atoms with Gasteiger partial charge in [0.15, 0.2) is 0 Å². The molecule has 1 heterocycles. The zero-order chi connectivity index (χ0) is 15.1. The normalized spacial score (nSPS) is 12.6. The minimum absolute atomic E-state index is 0.417. The predicted octanol–water partition coefficient (Wildman–Crippen LogP) is 3.44. The van der Waals surface area contributed by atoms with Crippen LogP contribution in [0.3, 0.4) is 0 Å². The summed E-state index contributed by atoms with van der Waals surface area (Å²) in [5, 5.41) is 10.2. The van der Waals surface area contributed by atoms with E-state index < -0.39 is 6.10 Å². The highest BCUT2D eigenvalue weighted by molar-refractivity contribution is 9.10. The van der Waals surface area contributed by atoms with Gasteiger partial charge in [-0.25, -0.2) is 0 Å². The van der Waals surface area contributed by atoms with E-state index in [0.717, 1.165) is 41.7 Å². The van der Waals surface area contributed by atoms with Crippen molar-refractivity contribution in [3.63, 3.8) is 0 Å². The Balaban J connectivity index is 1.74. The molecule has 1 aromatic heterocycles. The summed E-state index contributed by atoms with van der Waals surface area (Å²) in [5.74, 6) is 0. The van der Waals surface area contributed by atoms with Gasteiger partial charge in [-0.3, -0.25) is 4.98 Å². The molecule has 0 aliphatic carbocycles.